The van der Waals surface area contributed by atoms with E-state index >= 15 is 0 Å². The Morgan fingerprint density at radius 3 is 2.89 bits per heavy atom. The maximum atomic E-state index is 5.82. The molecule has 0 unspecified atom stereocenters. The number of furan rings is 1. The quantitative estimate of drug-likeness (QED) is 0.862. The molecule has 0 amide bonds. The summed E-state index contributed by atoms with van der Waals surface area (Å²) in [4.78, 5) is 0. The van der Waals surface area contributed by atoms with Crippen LogP contribution in [0.2, 0.25) is 0 Å². The maximum Gasteiger partial charge on any atom is 0.134 e. The van der Waals surface area contributed by atoms with Crippen LogP contribution in [0, 0.1) is 6.92 Å². The molecule has 0 atom stereocenters. The molecule has 0 spiro atoms. The van der Waals surface area contributed by atoms with Gasteiger partial charge in [0.2, 0.25) is 0 Å². The number of para-hydroxylation sites is 1. The molecule has 0 bridgehead atoms. The summed E-state index contributed by atoms with van der Waals surface area (Å²) in [6.07, 6.45) is 6.06. The van der Waals surface area contributed by atoms with Crippen molar-refractivity contribution < 1.29 is 4.42 Å². The average molecular weight is 255 g/mol. The molecule has 1 aromatic heterocycles. The highest BCUT2D eigenvalue weighted by Gasteiger charge is 2.20. The van der Waals surface area contributed by atoms with Gasteiger partial charge in [-0.25, -0.2) is 0 Å². The first-order chi connectivity index (χ1) is 9.28. The fourth-order valence-corrected chi connectivity index (χ4v) is 2.41. The first-order valence-electron chi connectivity index (χ1n) is 7.19. The summed E-state index contributed by atoms with van der Waals surface area (Å²) in [6, 6.07) is 9.03. The Kier molecular flexibility index (Phi) is 3.43. The Bertz CT molecular complexity index is 605. The van der Waals surface area contributed by atoms with Crippen molar-refractivity contribution in [3.05, 3.63) is 41.2 Å². The van der Waals surface area contributed by atoms with E-state index in [2.05, 4.69) is 30.4 Å². The van der Waals surface area contributed by atoms with Crippen LogP contribution >= 0.6 is 0 Å². The van der Waals surface area contributed by atoms with Crippen molar-refractivity contribution in [1.29, 1.82) is 0 Å². The van der Waals surface area contributed by atoms with Crippen LogP contribution in [0.15, 0.2) is 34.3 Å². The number of hydrogen-bond donors (Lipinski definition) is 1. The molecule has 2 aromatic rings. The van der Waals surface area contributed by atoms with Crippen molar-refractivity contribution in [3.8, 4) is 0 Å². The summed E-state index contributed by atoms with van der Waals surface area (Å²) in [5, 5.41) is 4.81. The fourth-order valence-electron chi connectivity index (χ4n) is 2.41. The molecule has 19 heavy (non-hydrogen) atoms. The number of benzene rings is 1. The Morgan fingerprint density at radius 2 is 2.16 bits per heavy atom. The zero-order chi connectivity index (χ0) is 13.2. The smallest absolute Gasteiger partial charge is 0.134 e. The second kappa shape index (κ2) is 5.22. The van der Waals surface area contributed by atoms with Gasteiger partial charge < -0.3 is 9.73 Å². The van der Waals surface area contributed by atoms with E-state index in [0.29, 0.717) is 0 Å². The molecule has 1 fully saturated rings. The number of nitrogens with one attached hydrogen (secondary N) is 1. The molecule has 3 rings (SSSR count). The zero-order valence-corrected chi connectivity index (χ0v) is 11.7. The summed E-state index contributed by atoms with van der Waals surface area (Å²) in [5.41, 5.74) is 3.67. The van der Waals surface area contributed by atoms with Crippen molar-refractivity contribution in [1.82, 2.24) is 5.32 Å². The molecule has 100 valence electrons. The summed E-state index contributed by atoms with van der Waals surface area (Å²) in [6.45, 7) is 5.27. The molecule has 2 nitrogen and oxygen atoms in total. The van der Waals surface area contributed by atoms with E-state index in [1.165, 1.54) is 29.4 Å². The second-order valence-electron chi connectivity index (χ2n) is 5.38. The van der Waals surface area contributed by atoms with Crippen LogP contribution in [0.3, 0.4) is 0 Å². The van der Waals surface area contributed by atoms with Gasteiger partial charge in [-0.15, -0.1) is 0 Å². The summed E-state index contributed by atoms with van der Waals surface area (Å²) >= 11 is 0. The van der Waals surface area contributed by atoms with Gasteiger partial charge in [-0.2, -0.15) is 0 Å². The van der Waals surface area contributed by atoms with Gasteiger partial charge in [0, 0.05) is 23.5 Å². The minimum atomic E-state index is 0.761. The van der Waals surface area contributed by atoms with E-state index in [9.17, 15) is 0 Å². The highest BCUT2D eigenvalue weighted by Crippen LogP contribution is 2.28. The van der Waals surface area contributed by atoms with E-state index in [-0.39, 0.29) is 0 Å². The Morgan fingerprint density at radius 1 is 1.37 bits per heavy atom. The predicted octanol–water partition coefficient (Wildman–Crippen LogP) is 4.29. The molecule has 1 aromatic carbocycles. The molecular formula is C17H21NO. The van der Waals surface area contributed by atoms with Gasteiger partial charge in [0.05, 0.1) is 0 Å². The lowest BCUT2D eigenvalue weighted by atomic mass is 10.1. The minimum Gasteiger partial charge on any atom is -0.461 e. The monoisotopic (exact) mass is 255 g/mol. The third kappa shape index (κ3) is 2.74. The summed E-state index contributed by atoms with van der Waals surface area (Å²) in [7, 11) is 0. The summed E-state index contributed by atoms with van der Waals surface area (Å²) in [5.74, 6) is 1.01. The van der Waals surface area contributed by atoms with Crippen LogP contribution in [-0.2, 0) is 0 Å². The largest absolute Gasteiger partial charge is 0.461 e. The zero-order valence-electron chi connectivity index (χ0n) is 11.7. The van der Waals surface area contributed by atoms with Crippen molar-refractivity contribution in [2.75, 3.05) is 6.54 Å². The lowest BCUT2D eigenvalue weighted by molar-refractivity contribution is 0.577. The molecular weight excluding hydrogens is 234 g/mol. The van der Waals surface area contributed by atoms with E-state index < -0.39 is 0 Å². The Hall–Kier alpha value is -1.54. The van der Waals surface area contributed by atoms with Gasteiger partial charge in [-0.1, -0.05) is 36.8 Å². The van der Waals surface area contributed by atoms with Crippen LogP contribution in [-0.4, -0.2) is 12.6 Å². The number of fused-ring (bicyclic) bond motifs is 1. The summed E-state index contributed by atoms with van der Waals surface area (Å²) < 4.78 is 5.82. The predicted molar refractivity (Wildman–Crippen MR) is 80.2 cm³/mol. The van der Waals surface area contributed by atoms with Gasteiger partial charge in [-0.3, -0.25) is 0 Å². The van der Waals surface area contributed by atoms with Crippen LogP contribution in [0.1, 0.15) is 37.5 Å². The molecule has 1 aliphatic carbocycles. The normalized spacial score (nSPS) is 16.2. The molecule has 1 aliphatic rings. The number of aryl methyl sites for hydroxylation is 1. The van der Waals surface area contributed by atoms with E-state index in [4.69, 9.17) is 4.42 Å². The Balaban J connectivity index is 1.90. The van der Waals surface area contributed by atoms with E-state index in [0.717, 1.165) is 30.4 Å². The minimum absolute atomic E-state index is 0.761. The van der Waals surface area contributed by atoms with Gasteiger partial charge in [-0.05, 0) is 32.3 Å². The molecule has 1 N–H and O–H groups in total. The molecule has 0 aliphatic heterocycles. The van der Waals surface area contributed by atoms with E-state index in [1.54, 1.807) is 0 Å². The van der Waals surface area contributed by atoms with Gasteiger partial charge in [0.25, 0.3) is 0 Å². The highest BCUT2D eigenvalue weighted by molar-refractivity contribution is 5.88. The van der Waals surface area contributed by atoms with Gasteiger partial charge >= 0.3 is 0 Å². The topological polar surface area (TPSA) is 25.2 Å². The number of hydrogen-bond acceptors (Lipinski definition) is 2. The van der Waals surface area contributed by atoms with Crippen LogP contribution < -0.4 is 5.32 Å². The van der Waals surface area contributed by atoms with Crippen molar-refractivity contribution in [2.24, 2.45) is 0 Å². The lowest BCUT2D eigenvalue weighted by Crippen LogP contribution is -2.18. The standard InChI is InChI=1S/C17H21NO/c1-3-13(11-18-14-8-9-14)10-16-12(2)19-17-7-5-4-6-15(16)17/h4-7,10,14,18H,3,8-9,11H2,1-2H3/b13-10-. The van der Waals surface area contributed by atoms with Crippen LogP contribution in [0.5, 0.6) is 0 Å². The molecule has 0 radical (unpaired) electrons. The number of rotatable bonds is 5. The SMILES string of the molecule is CC/C(=C/c1c(C)oc2ccccc12)CNC1CC1. The average Bonchev–Trinajstić information content (AvgIpc) is 3.19. The fraction of sp³-hybridized carbons (Fsp3) is 0.412. The van der Waals surface area contributed by atoms with Crippen LogP contribution in [0.25, 0.3) is 17.0 Å². The van der Waals surface area contributed by atoms with E-state index in [1.807, 2.05) is 19.1 Å². The van der Waals surface area contributed by atoms with Gasteiger partial charge in [0.15, 0.2) is 0 Å². The van der Waals surface area contributed by atoms with Crippen LogP contribution in [0.4, 0.5) is 0 Å². The van der Waals surface area contributed by atoms with Crippen molar-refractivity contribution >= 4 is 17.0 Å². The third-order valence-corrected chi connectivity index (χ3v) is 3.82. The molecule has 0 saturated heterocycles. The lowest BCUT2D eigenvalue weighted by Gasteiger charge is -2.06. The van der Waals surface area contributed by atoms with Crippen molar-refractivity contribution in [3.63, 3.8) is 0 Å². The second-order valence-corrected chi connectivity index (χ2v) is 5.38. The highest BCUT2D eigenvalue weighted by atomic mass is 16.3. The Labute approximate surface area is 114 Å². The molecule has 1 saturated carbocycles. The van der Waals surface area contributed by atoms with Crippen molar-refractivity contribution in [2.45, 2.75) is 39.2 Å². The first-order valence-corrected chi connectivity index (χ1v) is 7.19. The molecule has 2 heteroatoms. The van der Waals surface area contributed by atoms with Gasteiger partial charge in [0.1, 0.15) is 11.3 Å². The third-order valence-electron chi connectivity index (χ3n) is 3.82. The molecule has 1 heterocycles. The first kappa shape index (κ1) is 12.5. The maximum absolute atomic E-state index is 5.82.